The van der Waals surface area contributed by atoms with Crippen LogP contribution < -0.4 is 5.56 Å². The van der Waals surface area contributed by atoms with Gasteiger partial charge in [-0.3, -0.25) is 4.79 Å². The highest BCUT2D eigenvalue weighted by molar-refractivity contribution is 5.59. The molecule has 0 fully saturated rings. The molecule has 0 bridgehead atoms. The Morgan fingerprint density at radius 3 is 2.40 bits per heavy atom. The highest BCUT2D eigenvalue weighted by atomic mass is 16.1. The molecule has 1 heterocycles. The van der Waals surface area contributed by atoms with Crippen molar-refractivity contribution in [3.8, 4) is 11.3 Å². The molecule has 76 valence electrons. The first kappa shape index (κ1) is 9.65. The Hall–Kier alpha value is -1.90. The second kappa shape index (κ2) is 3.69. The number of nitrogens with zero attached hydrogens (tertiary/aromatic N) is 1. The number of benzene rings is 1. The van der Waals surface area contributed by atoms with E-state index in [1.807, 2.05) is 31.2 Å². The summed E-state index contributed by atoms with van der Waals surface area (Å²) in [6.07, 6.45) is 0. The topological polar surface area (TPSA) is 45.8 Å². The number of H-pyrrole nitrogens is 1. The Labute approximate surface area is 87.8 Å². The zero-order valence-electron chi connectivity index (χ0n) is 8.74. The number of aryl methyl sites for hydroxylation is 2. The van der Waals surface area contributed by atoms with Crippen molar-refractivity contribution in [2.45, 2.75) is 13.8 Å². The van der Waals surface area contributed by atoms with E-state index in [2.05, 4.69) is 10.2 Å². The molecule has 0 radical (unpaired) electrons. The molecule has 0 aliphatic rings. The molecule has 3 nitrogen and oxygen atoms in total. The Morgan fingerprint density at radius 1 is 1.13 bits per heavy atom. The van der Waals surface area contributed by atoms with Gasteiger partial charge in [0, 0.05) is 11.1 Å². The van der Waals surface area contributed by atoms with Gasteiger partial charge in [-0.05, 0) is 19.9 Å². The SMILES string of the molecule is Cc1ccc(-c2cc(C)c(=O)[nH]n2)cc1. The fourth-order valence-electron chi connectivity index (χ4n) is 1.37. The lowest BCUT2D eigenvalue weighted by Gasteiger charge is -2.01. The predicted molar refractivity (Wildman–Crippen MR) is 59.8 cm³/mol. The van der Waals surface area contributed by atoms with Crippen molar-refractivity contribution in [2.75, 3.05) is 0 Å². The lowest BCUT2D eigenvalue weighted by Crippen LogP contribution is -2.11. The first-order valence-electron chi connectivity index (χ1n) is 4.80. The summed E-state index contributed by atoms with van der Waals surface area (Å²) in [7, 11) is 0. The number of hydrogen-bond acceptors (Lipinski definition) is 2. The molecule has 2 aromatic rings. The summed E-state index contributed by atoms with van der Waals surface area (Å²) in [6, 6.07) is 9.84. The number of nitrogens with one attached hydrogen (secondary N) is 1. The quantitative estimate of drug-likeness (QED) is 0.765. The van der Waals surface area contributed by atoms with E-state index in [0.29, 0.717) is 5.56 Å². The van der Waals surface area contributed by atoms with Gasteiger partial charge < -0.3 is 0 Å². The first-order chi connectivity index (χ1) is 7.16. The fraction of sp³-hybridized carbons (Fsp3) is 0.167. The van der Waals surface area contributed by atoms with Gasteiger partial charge in [-0.2, -0.15) is 5.10 Å². The first-order valence-corrected chi connectivity index (χ1v) is 4.80. The van der Waals surface area contributed by atoms with E-state index in [-0.39, 0.29) is 5.56 Å². The van der Waals surface area contributed by atoms with Gasteiger partial charge in [0.25, 0.3) is 5.56 Å². The van der Waals surface area contributed by atoms with Crippen LogP contribution in [0.3, 0.4) is 0 Å². The lowest BCUT2D eigenvalue weighted by molar-refractivity contribution is 0.976. The maximum absolute atomic E-state index is 11.1. The number of hydrogen-bond donors (Lipinski definition) is 1. The minimum Gasteiger partial charge on any atom is -0.268 e. The van der Waals surface area contributed by atoms with Crippen LogP contribution in [0.5, 0.6) is 0 Å². The standard InChI is InChI=1S/C12H12N2O/c1-8-3-5-10(6-4-8)11-7-9(2)12(15)14-13-11/h3-7H,1-2H3,(H,14,15). The Kier molecular flexibility index (Phi) is 2.37. The van der Waals surface area contributed by atoms with Gasteiger partial charge in [0.05, 0.1) is 5.69 Å². The Morgan fingerprint density at radius 2 is 1.80 bits per heavy atom. The third-order valence-corrected chi connectivity index (χ3v) is 2.34. The summed E-state index contributed by atoms with van der Waals surface area (Å²) in [6.45, 7) is 3.81. The van der Waals surface area contributed by atoms with Crippen molar-refractivity contribution >= 4 is 0 Å². The molecular formula is C12H12N2O. The van der Waals surface area contributed by atoms with E-state index in [1.165, 1.54) is 5.56 Å². The monoisotopic (exact) mass is 200 g/mol. The van der Waals surface area contributed by atoms with Gasteiger partial charge >= 0.3 is 0 Å². The summed E-state index contributed by atoms with van der Waals surface area (Å²) in [5.74, 6) is 0. The smallest absolute Gasteiger partial charge is 0.267 e. The van der Waals surface area contributed by atoms with Gasteiger partial charge in [-0.25, -0.2) is 5.10 Å². The number of aromatic amines is 1. The van der Waals surface area contributed by atoms with E-state index < -0.39 is 0 Å². The average molecular weight is 200 g/mol. The van der Waals surface area contributed by atoms with Crippen LogP contribution >= 0.6 is 0 Å². The van der Waals surface area contributed by atoms with E-state index in [4.69, 9.17) is 0 Å². The average Bonchev–Trinajstić information content (AvgIpc) is 2.23. The predicted octanol–water partition coefficient (Wildman–Crippen LogP) is 2.05. The molecular weight excluding hydrogens is 188 g/mol. The molecule has 2 rings (SSSR count). The summed E-state index contributed by atoms with van der Waals surface area (Å²) < 4.78 is 0. The van der Waals surface area contributed by atoms with E-state index in [9.17, 15) is 4.79 Å². The van der Waals surface area contributed by atoms with Crippen LogP contribution in [0, 0.1) is 13.8 Å². The summed E-state index contributed by atoms with van der Waals surface area (Å²) in [5, 5.41) is 6.48. The molecule has 0 aliphatic heterocycles. The maximum atomic E-state index is 11.1. The molecule has 1 aromatic heterocycles. The van der Waals surface area contributed by atoms with Gasteiger partial charge in [0.1, 0.15) is 0 Å². The highest BCUT2D eigenvalue weighted by Gasteiger charge is 2.01. The number of aromatic nitrogens is 2. The molecule has 1 aromatic carbocycles. The van der Waals surface area contributed by atoms with E-state index in [0.717, 1.165) is 11.3 Å². The minimum absolute atomic E-state index is 0.133. The lowest BCUT2D eigenvalue weighted by atomic mass is 10.1. The molecule has 15 heavy (non-hydrogen) atoms. The Bertz CT molecular complexity index is 526. The van der Waals surface area contributed by atoms with Crippen LogP contribution in [-0.4, -0.2) is 10.2 Å². The van der Waals surface area contributed by atoms with Crippen LogP contribution in [0.2, 0.25) is 0 Å². The van der Waals surface area contributed by atoms with Crippen LogP contribution in [0.15, 0.2) is 35.1 Å². The van der Waals surface area contributed by atoms with Crippen molar-refractivity contribution < 1.29 is 0 Å². The van der Waals surface area contributed by atoms with Crippen molar-refractivity contribution in [3.05, 3.63) is 51.8 Å². The highest BCUT2D eigenvalue weighted by Crippen LogP contribution is 2.16. The molecule has 3 heteroatoms. The summed E-state index contributed by atoms with van der Waals surface area (Å²) >= 11 is 0. The van der Waals surface area contributed by atoms with Gasteiger partial charge in [-0.1, -0.05) is 29.8 Å². The third kappa shape index (κ3) is 1.96. The van der Waals surface area contributed by atoms with E-state index >= 15 is 0 Å². The molecule has 1 N–H and O–H groups in total. The maximum Gasteiger partial charge on any atom is 0.267 e. The molecule has 0 unspecified atom stereocenters. The van der Waals surface area contributed by atoms with Gasteiger partial charge in [0.15, 0.2) is 0 Å². The van der Waals surface area contributed by atoms with Gasteiger partial charge in [-0.15, -0.1) is 0 Å². The van der Waals surface area contributed by atoms with Crippen molar-refractivity contribution in [1.29, 1.82) is 0 Å². The third-order valence-electron chi connectivity index (χ3n) is 2.34. The van der Waals surface area contributed by atoms with Crippen molar-refractivity contribution in [1.82, 2.24) is 10.2 Å². The zero-order chi connectivity index (χ0) is 10.8. The Balaban J connectivity index is 2.50. The second-order valence-electron chi connectivity index (χ2n) is 3.63. The van der Waals surface area contributed by atoms with Crippen molar-refractivity contribution in [2.24, 2.45) is 0 Å². The summed E-state index contributed by atoms with van der Waals surface area (Å²) in [4.78, 5) is 11.1. The molecule has 0 saturated carbocycles. The van der Waals surface area contributed by atoms with Crippen LogP contribution in [-0.2, 0) is 0 Å². The normalized spacial score (nSPS) is 10.3. The molecule has 0 atom stereocenters. The molecule has 0 aliphatic carbocycles. The van der Waals surface area contributed by atoms with E-state index in [1.54, 1.807) is 13.0 Å². The summed E-state index contributed by atoms with van der Waals surface area (Å²) in [5.41, 5.74) is 3.57. The fourth-order valence-corrected chi connectivity index (χ4v) is 1.37. The van der Waals surface area contributed by atoms with Crippen molar-refractivity contribution in [3.63, 3.8) is 0 Å². The number of rotatable bonds is 1. The second-order valence-corrected chi connectivity index (χ2v) is 3.63. The minimum atomic E-state index is -0.133. The molecule has 0 saturated heterocycles. The largest absolute Gasteiger partial charge is 0.268 e. The van der Waals surface area contributed by atoms with Crippen LogP contribution in [0.4, 0.5) is 0 Å². The molecule has 0 amide bonds. The molecule has 0 spiro atoms. The zero-order valence-corrected chi connectivity index (χ0v) is 8.74. The van der Waals surface area contributed by atoms with Gasteiger partial charge in [0.2, 0.25) is 0 Å². The van der Waals surface area contributed by atoms with Crippen LogP contribution in [0.1, 0.15) is 11.1 Å². The van der Waals surface area contributed by atoms with Crippen LogP contribution in [0.25, 0.3) is 11.3 Å².